The number of benzene rings is 1. The van der Waals surface area contributed by atoms with Gasteiger partial charge in [-0.2, -0.15) is 4.98 Å². The molecule has 0 aliphatic carbocycles. The van der Waals surface area contributed by atoms with Crippen molar-refractivity contribution in [2.45, 2.75) is 6.92 Å². The number of rotatable bonds is 3. The molecule has 0 saturated heterocycles. The number of ketones is 1. The molecule has 0 aliphatic heterocycles. The van der Waals surface area contributed by atoms with E-state index in [0.29, 0.717) is 5.56 Å². The fourth-order valence-corrected chi connectivity index (χ4v) is 1.41. The molecule has 0 aliphatic rings. The standard InChI is InChI=1S/C12H8FNO4/c1-6(15)11-14-9(12(16)17)10(18-11)7-2-4-8(13)5-3-7/h2-5H,1H3,(H,16,17). The van der Waals surface area contributed by atoms with Crippen molar-refractivity contribution in [3.05, 3.63) is 41.7 Å². The van der Waals surface area contributed by atoms with E-state index in [4.69, 9.17) is 9.52 Å². The minimum atomic E-state index is -1.31. The van der Waals surface area contributed by atoms with Gasteiger partial charge in [-0.05, 0) is 24.3 Å². The number of aromatic nitrogens is 1. The summed E-state index contributed by atoms with van der Waals surface area (Å²) in [7, 11) is 0. The second-order valence-corrected chi connectivity index (χ2v) is 3.56. The first kappa shape index (κ1) is 12.0. The molecule has 0 amide bonds. The van der Waals surface area contributed by atoms with Gasteiger partial charge >= 0.3 is 5.97 Å². The number of Topliss-reactive ketones (excluding diaryl/α,β-unsaturated/α-hetero) is 1. The number of nitrogens with zero attached hydrogens (tertiary/aromatic N) is 1. The second kappa shape index (κ2) is 4.40. The monoisotopic (exact) mass is 249 g/mol. The lowest BCUT2D eigenvalue weighted by atomic mass is 10.1. The second-order valence-electron chi connectivity index (χ2n) is 3.56. The van der Waals surface area contributed by atoms with Crippen molar-refractivity contribution < 1.29 is 23.5 Å². The summed E-state index contributed by atoms with van der Waals surface area (Å²) in [6.07, 6.45) is 0. The van der Waals surface area contributed by atoms with Crippen molar-refractivity contribution >= 4 is 11.8 Å². The van der Waals surface area contributed by atoms with Crippen LogP contribution in [0.25, 0.3) is 11.3 Å². The number of hydrogen-bond acceptors (Lipinski definition) is 4. The Labute approximate surface area is 101 Å². The average molecular weight is 249 g/mol. The van der Waals surface area contributed by atoms with Crippen LogP contribution in [0.15, 0.2) is 28.7 Å². The molecular weight excluding hydrogens is 241 g/mol. The Balaban J connectivity index is 2.58. The van der Waals surface area contributed by atoms with E-state index in [9.17, 15) is 14.0 Å². The van der Waals surface area contributed by atoms with Gasteiger partial charge in [0.15, 0.2) is 11.5 Å². The zero-order valence-electron chi connectivity index (χ0n) is 9.31. The highest BCUT2D eigenvalue weighted by Crippen LogP contribution is 2.25. The predicted molar refractivity (Wildman–Crippen MR) is 58.9 cm³/mol. The van der Waals surface area contributed by atoms with E-state index in [2.05, 4.69) is 4.98 Å². The fourth-order valence-electron chi connectivity index (χ4n) is 1.41. The third-order valence-corrected chi connectivity index (χ3v) is 2.24. The first-order valence-corrected chi connectivity index (χ1v) is 5.00. The summed E-state index contributed by atoms with van der Waals surface area (Å²) in [6, 6.07) is 5.03. The number of oxazole rings is 1. The van der Waals surface area contributed by atoms with E-state index in [1.807, 2.05) is 0 Å². The van der Waals surface area contributed by atoms with Gasteiger partial charge < -0.3 is 9.52 Å². The Morgan fingerprint density at radius 2 is 1.89 bits per heavy atom. The lowest BCUT2D eigenvalue weighted by molar-refractivity contribution is 0.0691. The van der Waals surface area contributed by atoms with Gasteiger partial charge in [-0.25, -0.2) is 9.18 Å². The molecule has 6 heteroatoms. The number of carboxylic acids is 1. The third kappa shape index (κ3) is 2.13. The molecule has 0 bridgehead atoms. The molecule has 0 spiro atoms. The van der Waals surface area contributed by atoms with E-state index in [0.717, 1.165) is 12.1 Å². The van der Waals surface area contributed by atoms with Crippen LogP contribution in [0.3, 0.4) is 0 Å². The van der Waals surface area contributed by atoms with Crippen LogP contribution in [-0.4, -0.2) is 21.8 Å². The fraction of sp³-hybridized carbons (Fsp3) is 0.0833. The number of halogens is 1. The summed E-state index contributed by atoms with van der Waals surface area (Å²) in [4.78, 5) is 25.7. The molecule has 0 radical (unpaired) electrons. The normalized spacial score (nSPS) is 10.3. The van der Waals surface area contributed by atoms with E-state index in [-0.39, 0.29) is 17.3 Å². The van der Waals surface area contributed by atoms with Gasteiger partial charge in [0.05, 0.1) is 0 Å². The van der Waals surface area contributed by atoms with Gasteiger partial charge in [0.25, 0.3) is 5.89 Å². The summed E-state index contributed by atoms with van der Waals surface area (Å²) in [5, 5.41) is 8.97. The molecule has 0 atom stereocenters. The van der Waals surface area contributed by atoms with Gasteiger partial charge in [0.1, 0.15) is 5.82 Å². The largest absolute Gasteiger partial charge is 0.476 e. The maximum atomic E-state index is 12.8. The SMILES string of the molecule is CC(=O)c1nc(C(=O)O)c(-c2ccc(F)cc2)o1. The Hall–Kier alpha value is -2.50. The van der Waals surface area contributed by atoms with Crippen LogP contribution in [0.1, 0.15) is 28.1 Å². The average Bonchev–Trinajstić information content (AvgIpc) is 2.75. The Kier molecular flexibility index (Phi) is 2.93. The van der Waals surface area contributed by atoms with Crippen LogP contribution in [0, 0.1) is 5.82 Å². The highest BCUT2D eigenvalue weighted by Gasteiger charge is 2.22. The van der Waals surface area contributed by atoms with Gasteiger partial charge in [-0.3, -0.25) is 4.79 Å². The van der Waals surface area contributed by atoms with E-state index < -0.39 is 17.6 Å². The van der Waals surface area contributed by atoms with Crippen molar-refractivity contribution in [3.63, 3.8) is 0 Å². The number of carbonyl (C=O) groups excluding carboxylic acids is 1. The van der Waals surface area contributed by atoms with Gasteiger partial charge in [-0.15, -0.1) is 0 Å². The van der Waals surface area contributed by atoms with Crippen LogP contribution < -0.4 is 0 Å². The minimum Gasteiger partial charge on any atom is -0.476 e. The van der Waals surface area contributed by atoms with E-state index in [1.54, 1.807) is 0 Å². The van der Waals surface area contributed by atoms with Crippen molar-refractivity contribution in [2.75, 3.05) is 0 Å². The molecule has 92 valence electrons. The Bertz CT molecular complexity index is 616. The Morgan fingerprint density at radius 3 is 2.39 bits per heavy atom. The van der Waals surface area contributed by atoms with Gasteiger partial charge in [0.2, 0.25) is 5.78 Å². The maximum Gasteiger partial charge on any atom is 0.358 e. The summed E-state index contributed by atoms with van der Waals surface area (Å²) in [5.74, 6) is -2.60. The highest BCUT2D eigenvalue weighted by atomic mass is 19.1. The first-order valence-electron chi connectivity index (χ1n) is 5.00. The zero-order valence-corrected chi connectivity index (χ0v) is 9.31. The number of carboxylic acid groups (broad SMARTS) is 1. The Morgan fingerprint density at radius 1 is 1.28 bits per heavy atom. The van der Waals surface area contributed by atoms with E-state index >= 15 is 0 Å². The van der Waals surface area contributed by atoms with Crippen molar-refractivity contribution in [3.8, 4) is 11.3 Å². The lowest BCUT2D eigenvalue weighted by Crippen LogP contribution is -2.00. The molecule has 5 nitrogen and oxygen atoms in total. The molecule has 2 rings (SSSR count). The highest BCUT2D eigenvalue weighted by molar-refractivity contribution is 5.96. The van der Waals surface area contributed by atoms with Crippen molar-refractivity contribution in [2.24, 2.45) is 0 Å². The topological polar surface area (TPSA) is 80.4 Å². The molecule has 1 N–H and O–H groups in total. The molecule has 1 aromatic heterocycles. The van der Waals surface area contributed by atoms with Crippen molar-refractivity contribution in [1.82, 2.24) is 4.98 Å². The quantitative estimate of drug-likeness (QED) is 0.844. The van der Waals surface area contributed by atoms with E-state index in [1.165, 1.54) is 19.1 Å². The first-order chi connectivity index (χ1) is 8.49. The summed E-state index contributed by atoms with van der Waals surface area (Å²) >= 11 is 0. The number of aromatic carboxylic acids is 1. The molecule has 2 aromatic rings. The summed E-state index contributed by atoms with van der Waals surface area (Å²) < 4.78 is 17.9. The van der Waals surface area contributed by atoms with Crippen LogP contribution in [-0.2, 0) is 0 Å². The molecular formula is C12H8FNO4. The van der Waals surface area contributed by atoms with Crippen LogP contribution in [0.4, 0.5) is 4.39 Å². The van der Waals surface area contributed by atoms with Crippen LogP contribution in [0.5, 0.6) is 0 Å². The predicted octanol–water partition coefficient (Wildman–Crippen LogP) is 2.38. The summed E-state index contributed by atoms with van der Waals surface area (Å²) in [6.45, 7) is 1.21. The molecule has 18 heavy (non-hydrogen) atoms. The smallest absolute Gasteiger partial charge is 0.358 e. The number of carbonyl (C=O) groups is 2. The summed E-state index contributed by atoms with van der Waals surface area (Å²) in [5.41, 5.74) is -0.0272. The molecule has 0 unspecified atom stereocenters. The minimum absolute atomic E-state index is 0.0623. The van der Waals surface area contributed by atoms with Gasteiger partial charge in [0, 0.05) is 12.5 Å². The lowest BCUT2D eigenvalue weighted by Gasteiger charge is -1.97. The third-order valence-electron chi connectivity index (χ3n) is 2.24. The number of hydrogen-bond donors (Lipinski definition) is 1. The zero-order chi connectivity index (χ0) is 13.3. The molecule has 0 saturated carbocycles. The van der Waals surface area contributed by atoms with Crippen LogP contribution >= 0.6 is 0 Å². The van der Waals surface area contributed by atoms with Crippen LogP contribution in [0.2, 0.25) is 0 Å². The molecule has 1 heterocycles. The maximum absolute atomic E-state index is 12.8. The van der Waals surface area contributed by atoms with Crippen molar-refractivity contribution in [1.29, 1.82) is 0 Å². The molecule has 1 aromatic carbocycles. The van der Waals surface area contributed by atoms with Gasteiger partial charge in [-0.1, -0.05) is 0 Å². The molecule has 0 fully saturated rings.